The maximum Gasteiger partial charge on any atom is 0.254 e. The number of ether oxygens (including phenoxy) is 1. The van der Waals surface area contributed by atoms with Crippen molar-refractivity contribution in [1.82, 2.24) is 30.1 Å². The first-order valence-corrected chi connectivity index (χ1v) is 13.4. The van der Waals surface area contributed by atoms with Gasteiger partial charge >= 0.3 is 0 Å². The second-order valence-electron chi connectivity index (χ2n) is 10.1. The van der Waals surface area contributed by atoms with Crippen LogP contribution >= 0.6 is 0 Å². The number of aromatic amines is 1. The van der Waals surface area contributed by atoms with Crippen molar-refractivity contribution in [1.29, 1.82) is 0 Å². The van der Waals surface area contributed by atoms with Crippen molar-refractivity contribution in [3.05, 3.63) is 54.2 Å². The minimum atomic E-state index is 0.0283. The lowest BCUT2D eigenvalue weighted by Gasteiger charge is -2.26. The third-order valence-corrected chi connectivity index (χ3v) is 7.55. The molecule has 2 aromatic heterocycles. The lowest BCUT2D eigenvalue weighted by atomic mass is 10.0. The zero-order valence-corrected chi connectivity index (χ0v) is 21.0. The van der Waals surface area contributed by atoms with E-state index in [0.29, 0.717) is 37.6 Å². The number of amides is 1. The molecule has 1 amide bonds. The summed E-state index contributed by atoms with van der Waals surface area (Å²) >= 11 is 0. The van der Waals surface area contributed by atoms with E-state index >= 15 is 0 Å². The first kappa shape index (κ1) is 23.7. The zero-order chi connectivity index (χ0) is 25.0. The van der Waals surface area contributed by atoms with Crippen LogP contribution in [0.2, 0.25) is 0 Å². The van der Waals surface area contributed by atoms with Crippen molar-refractivity contribution in [2.75, 3.05) is 38.2 Å². The fraction of sp³-hybridized carbons (Fsp3) is 0.429. The van der Waals surface area contributed by atoms with Gasteiger partial charge in [-0.3, -0.25) is 9.89 Å². The third-order valence-electron chi connectivity index (χ3n) is 7.55. The second kappa shape index (κ2) is 10.7. The molecule has 1 saturated carbocycles. The smallest absolute Gasteiger partial charge is 0.254 e. The van der Waals surface area contributed by atoms with Crippen LogP contribution in [0.5, 0.6) is 0 Å². The highest BCUT2D eigenvalue weighted by molar-refractivity contribution is 5.95. The number of H-pyrrole nitrogens is 1. The Bertz CT molecular complexity index is 1350. The molecule has 2 aromatic carbocycles. The molecule has 2 N–H and O–H groups in total. The van der Waals surface area contributed by atoms with Crippen LogP contribution in [0, 0.1) is 5.92 Å². The summed E-state index contributed by atoms with van der Waals surface area (Å²) in [6.45, 7) is 3.45. The molecule has 2 fully saturated rings. The second-order valence-corrected chi connectivity index (χ2v) is 10.1. The average molecular weight is 500 g/mol. The Morgan fingerprint density at radius 3 is 2.59 bits per heavy atom. The highest BCUT2D eigenvalue weighted by Gasteiger charge is 2.19. The van der Waals surface area contributed by atoms with E-state index in [4.69, 9.17) is 4.74 Å². The van der Waals surface area contributed by atoms with Crippen LogP contribution in [0.25, 0.3) is 28.0 Å². The van der Waals surface area contributed by atoms with Crippen molar-refractivity contribution in [3.8, 4) is 17.1 Å². The minimum absolute atomic E-state index is 0.0283. The van der Waals surface area contributed by atoms with Gasteiger partial charge in [0.05, 0.1) is 30.6 Å². The molecule has 0 unspecified atom stereocenters. The Morgan fingerprint density at radius 1 is 1.03 bits per heavy atom. The van der Waals surface area contributed by atoms with Gasteiger partial charge in [-0.25, -0.2) is 4.68 Å². The van der Waals surface area contributed by atoms with E-state index in [1.165, 1.54) is 38.5 Å². The number of fused-ring (bicyclic) bond motifs is 1. The van der Waals surface area contributed by atoms with Gasteiger partial charge in [0.15, 0.2) is 0 Å². The molecular weight excluding hydrogens is 466 g/mol. The molecule has 37 heavy (non-hydrogen) atoms. The number of carbonyl (C=O) groups is 1. The van der Waals surface area contributed by atoms with Crippen molar-refractivity contribution >= 4 is 22.5 Å². The lowest BCUT2D eigenvalue weighted by Crippen LogP contribution is -2.40. The predicted octanol–water partition coefficient (Wildman–Crippen LogP) is 4.67. The summed E-state index contributed by atoms with van der Waals surface area (Å²) in [5, 5.41) is 21.1. The number of nitrogens with zero attached hydrogens (tertiary/aromatic N) is 5. The molecule has 4 aromatic rings. The Labute approximate surface area is 216 Å². The molecule has 192 valence electrons. The van der Waals surface area contributed by atoms with E-state index in [0.717, 1.165) is 40.4 Å². The van der Waals surface area contributed by atoms with Gasteiger partial charge < -0.3 is 15.0 Å². The molecule has 0 spiro atoms. The van der Waals surface area contributed by atoms with Crippen LogP contribution in [-0.4, -0.2) is 68.8 Å². The number of morpholine rings is 1. The van der Waals surface area contributed by atoms with Crippen LogP contribution in [0.4, 0.5) is 5.69 Å². The van der Waals surface area contributed by atoms with Gasteiger partial charge in [-0.05, 0) is 61.2 Å². The van der Waals surface area contributed by atoms with E-state index in [2.05, 4.69) is 44.0 Å². The molecule has 9 heteroatoms. The van der Waals surface area contributed by atoms with Gasteiger partial charge in [-0.15, -0.1) is 5.10 Å². The molecule has 1 saturated heterocycles. The molecule has 0 bridgehead atoms. The number of anilines is 1. The standard InChI is InChI=1S/C28H33N7O2/c36-28(34-13-15-37-16-14-34)21-7-10-23(11-8-21)35-19-26(31-33-35)27-24-17-22(9-12-25(24)30-32-27)29-18-20-5-3-1-2-4-6-20/h7-12,17,19-20,29H,1-6,13-16,18H2,(H,30,32). The molecule has 0 radical (unpaired) electrons. The summed E-state index contributed by atoms with van der Waals surface area (Å²) in [6.07, 6.45) is 9.95. The normalized spacial score (nSPS) is 17.1. The summed E-state index contributed by atoms with van der Waals surface area (Å²) in [6, 6.07) is 13.8. The number of hydrogen-bond acceptors (Lipinski definition) is 6. The third kappa shape index (κ3) is 5.22. The van der Waals surface area contributed by atoms with E-state index in [1.54, 1.807) is 4.68 Å². The van der Waals surface area contributed by atoms with Gasteiger partial charge in [0.25, 0.3) is 5.91 Å². The quantitative estimate of drug-likeness (QED) is 0.374. The monoisotopic (exact) mass is 499 g/mol. The molecule has 0 atom stereocenters. The predicted molar refractivity (Wildman–Crippen MR) is 143 cm³/mol. The van der Waals surface area contributed by atoms with E-state index in [9.17, 15) is 4.79 Å². The Balaban J connectivity index is 1.17. The highest BCUT2D eigenvalue weighted by Crippen LogP contribution is 2.29. The van der Waals surface area contributed by atoms with E-state index < -0.39 is 0 Å². The Morgan fingerprint density at radius 2 is 1.81 bits per heavy atom. The van der Waals surface area contributed by atoms with Crippen LogP contribution < -0.4 is 5.32 Å². The lowest BCUT2D eigenvalue weighted by molar-refractivity contribution is 0.0303. The summed E-state index contributed by atoms with van der Waals surface area (Å²) in [4.78, 5) is 14.6. The Kier molecular flexibility index (Phi) is 6.86. The number of carbonyl (C=O) groups excluding carboxylic acids is 1. The molecule has 3 heterocycles. The molecule has 6 rings (SSSR count). The van der Waals surface area contributed by atoms with Crippen molar-refractivity contribution < 1.29 is 9.53 Å². The summed E-state index contributed by atoms with van der Waals surface area (Å²) in [7, 11) is 0. The van der Waals surface area contributed by atoms with Crippen molar-refractivity contribution in [3.63, 3.8) is 0 Å². The largest absolute Gasteiger partial charge is 0.385 e. The van der Waals surface area contributed by atoms with E-state index in [-0.39, 0.29) is 5.91 Å². The number of aromatic nitrogens is 5. The summed E-state index contributed by atoms with van der Waals surface area (Å²) < 4.78 is 7.06. The van der Waals surface area contributed by atoms with Crippen LogP contribution in [-0.2, 0) is 4.74 Å². The first-order valence-electron chi connectivity index (χ1n) is 13.4. The molecular formula is C28H33N7O2. The maximum atomic E-state index is 12.7. The van der Waals surface area contributed by atoms with Gasteiger partial charge in [0.2, 0.25) is 0 Å². The number of nitrogens with one attached hydrogen (secondary N) is 2. The molecule has 2 aliphatic rings. The first-order chi connectivity index (χ1) is 18.2. The molecule has 1 aliphatic carbocycles. The number of hydrogen-bond donors (Lipinski definition) is 2. The fourth-order valence-electron chi connectivity index (χ4n) is 5.35. The van der Waals surface area contributed by atoms with Crippen molar-refractivity contribution in [2.45, 2.75) is 38.5 Å². The van der Waals surface area contributed by atoms with Gasteiger partial charge in [0, 0.05) is 36.3 Å². The van der Waals surface area contributed by atoms with Gasteiger partial charge in [0.1, 0.15) is 11.4 Å². The van der Waals surface area contributed by atoms with Gasteiger partial charge in [-0.1, -0.05) is 30.9 Å². The van der Waals surface area contributed by atoms with Crippen LogP contribution in [0.3, 0.4) is 0 Å². The van der Waals surface area contributed by atoms with Gasteiger partial charge in [-0.2, -0.15) is 5.10 Å². The summed E-state index contributed by atoms with van der Waals surface area (Å²) in [5.41, 5.74) is 5.04. The average Bonchev–Trinajstić information content (AvgIpc) is 3.52. The van der Waals surface area contributed by atoms with E-state index in [1.807, 2.05) is 35.4 Å². The molecule has 9 nitrogen and oxygen atoms in total. The fourth-order valence-corrected chi connectivity index (χ4v) is 5.35. The minimum Gasteiger partial charge on any atom is -0.385 e. The topological polar surface area (TPSA) is 101 Å². The molecule has 1 aliphatic heterocycles. The van der Waals surface area contributed by atoms with Crippen LogP contribution in [0.15, 0.2) is 48.7 Å². The number of benzene rings is 2. The van der Waals surface area contributed by atoms with Crippen LogP contribution in [0.1, 0.15) is 48.9 Å². The SMILES string of the molecule is O=C(c1ccc(-n2cc(-c3n[nH]c4ccc(NCC5CCCCCC5)cc34)nn2)cc1)N1CCOCC1. The number of rotatable bonds is 6. The maximum absolute atomic E-state index is 12.7. The Hall–Kier alpha value is -3.72. The zero-order valence-electron chi connectivity index (χ0n) is 21.0. The highest BCUT2D eigenvalue weighted by atomic mass is 16.5. The van der Waals surface area contributed by atoms with Crippen molar-refractivity contribution in [2.24, 2.45) is 5.92 Å². The summed E-state index contributed by atoms with van der Waals surface area (Å²) in [5.74, 6) is 0.776.